The normalized spacial score (nSPS) is 10.9. The van der Waals surface area contributed by atoms with E-state index in [0.29, 0.717) is 42.4 Å². The first-order chi connectivity index (χ1) is 13.9. The van der Waals surface area contributed by atoms with Crippen molar-refractivity contribution in [1.82, 2.24) is 19.9 Å². The Morgan fingerprint density at radius 3 is 2.66 bits per heavy atom. The van der Waals surface area contributed by atoms with Crippen LogP contribution in [0.2, 0.25) is 5.02 Å². The lowest BCUT2D eigenvalue weighted by Crippen LogP contribution is -2.28. The van der Waals surface area contributed by atoms with Crippen molar-refractivity contribution in [3.05, 3.63) is 58.0 Å². The fourth-order valence-electron chi connectivity index (χ4n) is 3.06. The van der Waals surface area contributed by atoms with Gasteiger partial charge in [0.2, 0.25) is 5.91 Å². The SMILES string of the molecule is Cc1nc2c(C(N)=O)cnn2c(C)c1CCC(=O)NCCOc1ccc(Cl)cc1. The van der Waals surface area contributed by atoms with Gasteiger partial charge in [-0.3, -0.25) is 9.59 Å². The molecule has 0 fully saturated rings. The van der Waals surface area contributed by atoms with Crippen molar-refractivity contribution >= 4 is 29.1 Å². The van der Waals surface area contributed by atoms with Crippen molar-refractivity contribution in [2.24, 2.45) is 5.73 Å². The summed E-state index contributed by atoms with van der Waals surface area (Å²) in [4.78, 5) is 28.1. The summed E-state index contributed by atoms with van der Waals surface area (Å²) in [5.74, 6) is 0.0463. The zero-order chi connectivity index (χ0) is 21.0. The lowest BCUT2D eigenvalue weighted by Gasteiger charge is -2.12. The minimum absolute atomic E-state index is 0.0816. The molecule has 0 aliphatic carbocycles. The number of hydrogen-bond acceptors (Lipinski definition) is 5. The third kappa shape index (κ3) is 4.83. The standard InChI is InChI=1S/C20H22ClN5O3/c1-12-16(13(2)26-20(25-12)17(11-24-26)19(22)28)7-8-18(27)23-9-10-29-15-5-3-14(21)4-6-15/h3-6,11H,7-10H2,1-2H3,(H2,22,28)(H,23,27). The Morgan fingerprint density at radius 1 is 1.24 bits per heavy atom. The van der Waals surface area contributed by atoms with Crippen LogP contribution in [-0.2, 0) is 11.2 Å². The Bertz CT molecular complexity index is 1050. The molecule has 9 heteroatoms. The van der Waals surface area contributed by atoms with Crippen LogP contribution in [0, 0.1) is 13.8 Å². The molecule has 0 aliphatic rings. The summed E-state index contributed by atoms with van der Waals surface area (Å²) >= 11 is 5.83. The Hall–Kier alpha value is -3.13. The molecule has 0 spiro atoms. The summed E-state index contributed by atoms with van der Waals surface area (Å²) in [6.45, 7) is 4.49. The number of ether oxygens (including phenoxy) is 1. The van der Waals surface area contributed by atoms with Gasteiger partial charge in [0.15, 0.2) is 5.65 Å². The van der Waals surface area contributed by atoms with Crippen LogP contribution in [0.5, 0.6) is 5.75 Å². The number of fused-ring (bicyclic) bond motifs is 1. The molecule has 2 amide bonds. The van der Waals surface area contributed by atoms with Crippen LogP contribution >= 0.6 is 11.6 Å². The van der Waals surface area contributed by atoms with Crippen LogP contribution in [0.25, 0.3) is 5.65 Å². The van der Waals surface area contributed by atoms with E-state index < -0.39 is 5.91 Å². The zero-order valence-electron chi connectivity index (χ0n) is 16.2. The van der Waals surface area contributed by atoms with Crippen molar-refractivity contribution in [1.29, 1.82) is 0 Å². The summed E-state index contributed by atoms with van der Waals surface area (Å²) in [7, 11) is 0. The summed E-state index contributed by atoms with van der Waals surface area (Å²) < 4.78 is 7.13. The second kappa shape index (κ2) is 8.91. The second-order valence-electron chi connectivity index (χ2n) is 6.57. The fraction of sp³-hybridized carbons (Fsp3) is 0.300. The molecule has 3 N–H and O–H groups in total. The van der Waals surface area contributed by atoms with E-state index in [1.807, 2.05) is 13.8 Å². The number of nitrogens with one attached hydrogen (secondary N) is 1. The van der Waals surface area contributed by atoms with Gasteiger partial charge in [-0.25, -0.2) is 9.50 Å². The van der Waals surface area contributed by atoms with E-state index in [-0.39, 0.29) is 11.5 Å². The van der Waals surface area contributed by atoms with Gasteiger partial charge in [-0.05, 0) is 50.1 Å². The highest BCUT2D eigenvalue weighted by molar-refractivity contribution is 6.30. The number of amides is 2. The summed E-state index contributed by atoms with van der Waals surface area (Å²) in [5.41, 5.74) is 8.57. The van der Waals surface area contributed by atoms with Crippen LogP contribution in [0.3, 0.4) is 0 Å². The summed E-state index contributed by atoms with van der Waals surface area (Å²) in [5, 5.41) is 7.67. The number of halogens is 1. The summed E-state index contributed by atoms with van der Waals surface area (Å²) in [6, 6.07) is 7.05. The molecule has 29 heavy (non-hydrogen) atoms. The fourth-order valence-corrected chi connectivity index (χ4v) is 3.19. The van der Waals surface area contributed by atoms with Gasteiger partial charge in [0.25, 0.3) is 5.91 Å². The highest BCUT2D eigenvalue weighted by Crippen LogP contribution is 2.18. The molecule has 1 aromatic carbocycles. The first-order valence-electron chi connectivity index (χ1n) is 9.15. The number of nitrogens with two attached hydrogens (primary N) is 1. The lowest BCUT2D eigenvalue weighted by molar-refractivity contribution is -0.121. The Labute approximate surface area is 173 Å². The van der Waals surface area contributed by atoms with Gasteiger partial charge >= 0.3 is 0 Å². The molecule has 3 aromatic rings. The highest BCUT2D eigenvalue weighted by atomic mass is 35.5. The van der Waals surface area contributed by atoms with Crippen LogP contribution in [-0.4, -0.2) is 39.6 Å². The first-order valence-corrected chi connectivity index (χ1v) is 9.53. The number of nitrogens with zero attached hydrogens (tertiary/aromatic N) is 3. The minimum atomic E-state index is -0.570. The van der Waals surface area contributed by atoms with Gasteiger partial charge in [0.05, 0.1) is 12.7 Å². The van der Waals surface area contributed by atoms with E-state index in [2.05, 4.69) is 15.4 Å². The molecular formula is C20H22ClN5O3. The molecule has 2 heterocycles. The van der Waals surface area contributed by atoms with E-state index in [4.69, 9.17) is 22.1 Å². The molecule has 0 saturated carbocycles. The van der Waals surface area contributed by atoms with E-state index in [0.717, 1.165) is 17.0 Å². The minimum Gasteiger partial charge on any atom is -0.492 e. The number of primary amides is 1. The van der Waals surface area contributed by atoms with Crippen LogP contribution in [0.1, 0.15) is 33.7 Å². The lowest BCUT2D eigenvalue weighted by atomic mass is 10.1. The van der Waals surface area contributed by atoms with Gasteiger partial charge in [0, 0.05) is 22.8 Å². The number of aryl methyl sites for hydroxylation is 2. The maximum Gasteiger partial charge on any atom is 0.254 e. The third-order valence-corrected chi connectivity index (χ3v) is 4.83. The van der Waals surface area contributed by atoms with Gasteiger partial charge in [-0.1, -0.05) is 11.6 Å². The van der Waals surface area contributed by atoms with E-state index >= 15 is 0 Å². The number of aromatic nitrogens is 3. The average molecular weight is 416 g/mol. The Morgan fingerprint density at radius 2 is 1.97 bits per heavy atom. The van der Waals surface area contributed by atoms with Crippen LogP contribution in [0.4, 0.5) is 0 Å². The molecule has 8 nitrogen and oxygen atoms in total. The molecule has 2 aromatic heterocycles. The van der Waals surface area contributed by atoms with Crippen molar-refractivity contribution in [3.8, 4) is 5.75 Å². The van der Waals surface area contributed by atoms with E-state index in [9.17, 15) is 9.59 Å². The number of hydrogen-bond donors (Lipinski definition) is 2. The molecule has 0 saturated heterocycles. The van der Waals surface area contributed by atoms with Gasteiger partial charge in [0.1, 0.15) is 17.9 Å². The molecule has 0 atom stereocenters. The molecule has 0 unspecified atom stereocenters. The predicted octanol–water partition coefficient (Wildman–Crippen LogP) is 2.23. The maximum atomic E-state index is 12.2. The van der Waals surface area contributed by atoms with Crippen molar-refractivity contribution in [3.63, 3.8) is 0 Å². The van der Waals surface area contributed by atoms with Gasteiger partial charge in [-0.2, -0.15) is 5.10 Å². The highest BCUT2D eigenvalue weighted by Gasteiger charge is 2.17. The van der Waals surface area contributed by atoms with E-state index in [1.54, 1.807) is 28.8 Å². The quantitative estimate of drug-likeness (QED) is 0.548. The number of benzene rings is 1. The monoisotopic (exact) mass is 415 g/mol. The number of carbonyl (C=O) groups is 2. The van der Waals surface area contributed by atoms with Crippen molar-refractivity contribution < 1.29 is 14.3 Å². The Balaban J connectivity index is 1.54. The third-order valence-electron chi connectivity index (χ3n) is 4.58. The first kappa shape index (κ1) is 20.6. The van der Waals surface area contributed by atoms with Crippen molar-refractivity contribution in [2.75, 3.05) is 13.2 Å². The Kier molecular flexibility index (Phi) is 6.33. The molecule has 0 aliphatic heterocycles. The molecule has 152 valence electrons. The summed E-state index contributed by atoms with van der Waals surface area (Å²) in [6.07, 6.45) is 2.23. The number of rotatable bonds is 8. The predicted molar refractivity (Wildman–Crippen MR) is 109 cm³/mol. The molecule has 3 rings (SSSR count). The topological polar surface area (TPSA) is 112 Å². The van der Waals surface area contributed by atoms with E-state index in [1.165, 1.54) is 6.20 Å². The molecule has 0 bridgehead atoms. The largest absolute Gasteiger partial charge is 0.492 e. The zero-order valence-corrected chi connectivity index (χ0v) is 17.0. The smallest absolute Gasteiger partial charge is 0.254 e. The van der Waals surface area contributed by atoms with Crippen LogP contribution in [0.15, 0.2) is 30.5 Å². The van der Waals surface area contributed by atoms with Gasteiger partial charge < -0.3 is 15.8 Å². The maximum absolute atomic E-state index is 12.2. The van der Waals surface area contributed by atoms with Crippen molar-refractivity contribution in [2.45, 2.75) is 26.7 Å². The molecule has 0 radical (unpaired) electrons. The molecular weight excluding hydrogens is 394 g/mol. The second-order valence-corrected chi connectivity index (χ2v) is 7.01. The van der Waals surface area contributed by atoms with Crippen LogP contribution < -0.4 is 15.8 Å². The number of carbonyl (C=O) groups excluding carboxylic acids is 2. The average Bonchev–Trinajstić information content (AvgIpc) is 3.10. The van der Waals surface area contributed by atoms with Gasteiger partial charge in [-0.15, -0.1) is 0 Å².